The molecule has 0 radical (unpaired) electrons. The van der Waals surface area contributed by atoms with Gasteiger partial charge in [0.15, 0.2) is 0 Å². The van der Waals surface area contributed by atoms with Gasteiger partial charge in [0.2, 0.25) is 0 Å². The Bertz CT molecular complexity index is 601. The van der Waals surface area contributed by atoms with Gasteiger partial charge in [-0.1, -0.05) is 45.7 Å². The van der Waals surface area contributed by atoms with Crippen molar-refractivity contribution in [2.45, 2.75) is 12.8 Å². The quantitative estimate of drug-likeness (QED) is 0.760. The zero-order chi connectivity index (χ0) is 14.4. The maximum Gasteiger partial charge on any atom is 0.255 e. The van der Waals surface area contributed by atoms with Crippen molar-refractivity contribution in [1.29, 1.82) is 0 Å². The molecule has 2 aromatic rings. The van der Waals surface area contributed by atoms with E-state index < -0.39 is 0 Å². The fraction of sp³-hybridized carbons (Fsp3) is 0.188. The molecule has 104 valence electrons. The monoisotopic (exact) mass is 351 g/mol. The molecule has 0 bridgehead atoms. The lowest BCUT2D eigenvalue weighted by Crippen LogP contribution is -2.11. The summed E-state index contributed by atoms with van der Waals surface area (Å²) in [5.41, 5.74) is 2.58. The first-order chi connectivity index (χ1) is 9.69. The highest BCUT2D eigenvalue weighted by molar-refractivity contribution is 9.09. The predicted molar refractivity (Wildman–Crippen MR) is 88.0 cm³/mol. The van der Waals surface area contributed by atoms with Crippen molar-refractivity contribution < 1.29 is 4.79 Å². The number of aryl methyl sites for hydroxylation is 1. The zero-order valence-corrected chi connectivity index (χ0v) is 13.2. The number of halogens is 2. The number of alkyl halides is 1. The zero-order valence-electron chi connectivity index (χ0n) is 10.9. The Morgan fingerprint density at radius 1 is 1.15 bits per heavy atom. The van der Waals surface area contributed by atoms with Crippen LogP contribution in [0.15, 0.2) is 48.5 Å². The van der Waals surface area contributed by atoms with Gasteiger partial charge >= 0.3 is 0 Å². The molecule has 0 aromatic heterocycles. The van der Waals surface area contributed by atoms with Crippen molar-refractivity contribution in [2.75, 3.05) is 10.6 Å². The van der Waals surface area contributed by atoms with E-state index in [1.165, 1.54) is 5.56 Å². The Labute approximate surface area is 132 Å². The van der Waals surface area contributed by atoms with Crippen molar-refractivity contribution in [3.63, 3.8) is 0 Å². The third kappa shape index (κ3) is 4.36. The Balaban J connectivity index is 2.07. The van der Waals surface area contributed by atoms with Gasteiger partial charge in [0.25, 0.3) is 5.91 Å². The largest absolute Gasteiger partial charge is 0.322 e. The number of benzene rings is 2. The predicted octanol–water partition coefficient (Wildman–Crippen LogP) is 4.92. The minimum absolute atomic E-state index is 0.148. The Morgan fingerprint density at radius 2 is 1.95 bits per heavy atom. The van der Waals surface area contributed by atoms with Crippen LogP contribution in [0.2, 0.25) is 5.02 Å². The van der Waals surface area contributed by atoms with E-state index in [4.69, 9.17) is 11.6 Å². The van der Waals surface area contributed by atoms with Crippen LogP contribution in [0.4, 0.5) is 5.69 Å². The SMILES string of the molecule is O=C(Nc1cccc(CCCBr)c1)c1cccc(Cl)c1. The Hall–Kier alpha value is -1.32. The highest BCUT2D eigenvalue weighted by atomic mass is 79.9. The van der Waals surface area contributed by atoms with E-state index in [9.17, 15) is 4.79 Å². The van der Waals surface area contributed by atoms with E-state index in [-0.39, 0.29) is 5.91 Å². The minimum Gasteiger partial charge on any atom is -0.322 e. The number of nitrogens with one attached hydrogen (secondary N) is 1. The van der Waals surface area contributed by atoms with Crippen molar-refractivity contribution in [3.8, 4) is 0 Å². The van der Waals surface area contributed by atoms with E-state index >= 15 is 0 Å². The van der Waals surface area contributed by atoms with Crippen LogP contribution in [0.5, 0.6) is 0 Å². The van der Waals surface area contributed by atoms with Gasteiger partial charge in [0, 0.05) is 21.6 Å². The van der Waals surface area contributed by atoms with Gasteiger partial charge in [0.1, 0.15) is 0 Å². The van der Waals surface area contributed by atoms with Crippen molar-refractivity contribution in [3.05, 3.63) is 64.7 Å². The standard InChI is InChI=1S/C16H15BrClNO/c17-9-3-5-12-4-1-8-15(10-12)19-16(20)13-6-2-7-14(18)11-13/h1-2,4,6-8,10-11H,3,5,9H2,(H,19,20). The second kappa shape index (κ2) is 7.46. The number of carbonyl (C=O) groups excluding carboxylic acids is 1. The summed E-state index contributed by atoms with van der Waals surface area (Å²) < 4.78 is 0. The molecule has 0 atom stereocenters. The van der Waals surface area contributed by atoms with Crippen molar-refractivity contribution >= 4 is 39.1 Å². The maximum absolute atomic E-state index is 12.1. The van der Waals surface area contributed by atoms with Gasteiger partial charge < -0.3 is 5.32 Å². The van der Waals surface area contributed by atoms with Crippen LogP contribution in [0.1, 0.15) is 22.3 Å². The summed E-state index contributed by atoms with van der Waals surface area (Å²) in [6.45, 7) is 0. The van der Waals surface area contributed by atoms with Crippen LogP contribution in [0.3, 0.4) is 0 Å². The summed E-state index contributed by atoms with van der Waals surface area (Å²) in [5, 5.41) is 4.43. The molecule has 0 aliphatic heterocycles. The number of anilines is 1. The first-order valence-corrected chi connectivity index (χ1v) is 7.91. The number of carbonyl (C=O) groups is 1. The fourth-order valence-electron chi connectivity index (χ4n) is 1.91. The molecule has 0 unspecified atom stereocenters. The van der Waals surface area contributed by atoms with Gasteiger partial charge in [-0.2, -0.15) is 0 Å². The summed E-state index contributed by atoms with van der Waals surface area (Å²) in [7, 11) is 0. The van der Waals surface area contributed by atoms with E-state index in [2.05, 4.69) is 27.3 Å². The van der Waals surface area contributed by atoms with E-state index in [0.29, 0.717) is 10.6 Å². The molecule has 4 heteroatoms. The molecule has 1 N–H and O–H groups in total. The third-order valence-electron chi connectivity index (χ3n) is 2.87. The van der Waals surface area contributed by atoms with Gasteiger partial charge in [0.05, 0.1) is 0 Å². The summed E-state index contributed by atoms with van der Waals surface area (Å²) in [4.78, 5) is 12.1. The fourth-order valence-corrected chi connectivity index (χ4v) is 2.38. The highest BCUT2D eigenvalue weighted by Crippen LogP contribution is 2.16. The molecule has 0 aliphatic rings. The molecule has 0 spiro atoms. The van der Waals surface area contributed by atoms with Crippen LogP contribution in [0.25, 0.3) is 0 Å². The van der Waals surface area contributed by atoms with Gasteiger partial charge in [-0.3, -0.25) is 4.79 Å². The molecular weight excluding hydrogens is 338 g/mol. The number of rotatable bonds is 5. The molecular formula is C16H15BrClNO. The van der Waals surface area contributed by atoms with Gasteiger partial charge in [-0.05, 0) is 48.7 Å². The lowest BCUT2D eigenvalue weighted by molar-refractivity contribution is 0.102. The normalized spacial score (nSPS) is 10.3. The first kappa shape index (κ1) is 15.1. The lowest BCUT2D eigenvalue weighted by atomic mass is 10.1. The first-order valence-electron chi connectivity index (χ1n) is 6.41. The molecule has 1 amide bonds. The van der Waals surface area contributed by atoms with Gasteiger partial charge in [-0.25, -0.2) is 0 Å². The minimum atomic E-state index is -0.148. The lowest BCUT2D eigenvalue weighted by Gasteiger charge is -2.07. The molecule has 20 heavy (non-hydrogen) atoms. The highest BCUT2D eigenvalue weighted by Gasteiger charge is 2.06. The Morgan fingerprint density at radius 3 is 2.70 bits per heavy atom. The van der Waals surface area contributed by atoms with E-state index in [1.54, 1.807) is 24.3 Å². The second-order valence-electron chi connectivity index (χ2n) is 4.46. The molecule has 2 aromatic carbocycles. The van der Waals surface area contributed by atoms with Crippen LogP contribution < -0.4 is 5.32 Å². The molecule has 2 nitrogen and oxygen atoms in total. The molecule has 0 aliphatic carbocycles. The van der Waals surface area contributed by atoms with Crippen LogP contribution in [0, 0.1) is 0 Å². The molecule has 0 saturated heterocycles. The Kier molecular flexibility index (Phi) is 5.62. The van der Waals surface area contributed by atoms with Crippen LogP contribution in [-0.4, -0.2) is 11.2 Å². The third-order valence-corrected chi connectivity index (χ3v) is 3.67. The topological polar surface area (TPSA) is 29.1 Å². The van der Waals surface area contributed by atoms with Crippen molar-refractivity contribution in [2.24, 2.45) is 0 Å². The van der Waals surface area contributed by atoms with Crippen LogP contribution in [-0.2, 0) is 6.42 Å². The smallest absolute Gasteiger partial charge is 0.255 e. The number of hydrogen-bond donors (Lipinski definition) is 1. The summed E-state index contributed by atoms with van der Waals surface area (Å²) in [6, 6.07) is 14.8. The molecule has 0 saturated carbocycles. The average Bonchev–Trinajstić information content (AvgIpc) is 2.45. The number of hydrogen-bond acceptors (Lipinski definition) is 1. The summed E-state index contributed by atoms with van der Waals surface area (Å²) >= 11 is 9.31. The van der Waals surface area contributed by atoms with Crippen molar-refractivity contribution in [1.82, 2.24) is 0 Å². The molecule has 0 fully saturated rings. The maximum atomic E-state index is 12.1. The van der Waals surface area contributed by atoms with E-state index in [1.807, 2.05) is 18.2 Å². The van der Waals surface area contributed by atoms with E-state index in [0.717, 1.165) is 23.9 Å². The average molecular weight is 353 g/mol. The second-order valence-corrected chi connectivity index (χ2v) is 5.69. The summed E-state index contributed by atoms with van der Waals surface area (Å²) in [6.07, 6.45) is 2.07. The molecule has 0 heterocycles. The van der Waals surface area contributed by atoms with Gasteiger partial charge in [-0.15, -0.1) is 0 Å². The summed E-state index contributed by atoms with van der Waals surface area (Å²) in [5.74, 6) is -0.148. The molecule has 2 rings (SSSR count). The number of amides is 1. The van der Waals surface area contributed by atoms with Crippen LogP contribution >= 0.6 is 27.5 Å².